The van der Waals surface area contributed by atoms with Crippen molar-refractivity contribution in [1.82, 2.24) is 9.97 Å². The van der Waals surface area contributed by atoms with Crippen molar-refractivity contribution in [3.63, 3.8) is 0 Å². The summed E-state index contributed by atoms with van der Waals surface area (Å²) in [6.45, 7) is 17.7. The highest BCUT2D eigenvalue weighted by Crippen LogP contribution is 2.32. The molecule has 1 heterocycles. The Kier molecular flexibility index (Phi) is 4.89. The van der Waals surface area contributed by atoms with Gasteiger partial charge in [-0.3, -0.25) is 0 Å². The SMILES string of the molecule is CC(C)c1nc(C(C)C)c(C(C)C)c(C(C)C)n1. The molecular weight excluding hydrogens is 220 g/mol. The van der Waals surface area contributed by atoms with Crippen LogP contribution < -0.4 is 0 Å². The van der Waals surface area contributed by atoms with Gasteiger partial charge in [-0.1, -0.05) is 55.4 Å². The van der Waals surface area contributed by atoms with Crippen molar-refractivity contribution >= 4 is 0 Å². The van der Waals surface area contributed by atoms with Gasteiger partial charge in [0.25, 0.3) is 0 Å². The highest BCUT2D eigenvalue weighted by Gasteiger charge is 2.21. The van der Waals surface area contributed by atoms with Crippen molar-refractivity contribution in [2.45, 2.75) is 79.1 Å². The second-order valence-electron chi connectivity index (χ2n) is 6.38. The zero-order valence-electron chi connectivity index (χ0n) is 13.2. The van der Waals surface area contributed by atoms with Crippen LogP contribution in [0.5, 0.6) is 0 Å². The Morgan fingerprint density at radius 3 is 1.17 bits per heavy atom. The van der Waals surface area contributed by atoms with Gasteiger partial charge in [-0.2, -0.15) is 0 Å². The molecule has 0 amide bonds. The van der Waals surface area contributed by atoms with Crippen LogP contribution in [0.2, 0.25) is 0 Å². The van der Waals surface area contributed by atoms with E-state index >= 15 is 0 Å². The number of nitrogens with zero attached hydrogens (tertiary/aromatic N) is 2. The molecule has 0 radical (unpaired) electrons. The van der Waals surface area contributed by atoms with E-state index in [0.29, 0.717) is 23.7 Å². The van der Waals surface area contributed by atoms with Gasteiger partial charge in [0, 0.05) is 5.92 Å². The van der Waals surface area contributed by atoms with Crippen LogP contribution in [0.15, 0.2) is 0 Å². The second kappa shape index (κ2) is 5.81. The predicted molar refractivity (Wildman–Crippen MR) is 78.4 cm³/mol. The summed E-state index contributed by atoms with van der Waals surface area (Å²) in [4.78, 5) is 9.65. The highest BCUT2D eigenvalue weighted by molar-refractivity contribution is 5.33. The van der Waals surface area contributed by atoms with Crippen LogP contribution in [0, 0.1) is 0 Å². The lowest BCUT2D eigenvalue weighted by molar-refractivity contribution is 0.654. The highest BCUT2D eigenvalue weighted by atomic mass is 14.9. The molecule has 0 fully saturated rings. The Balaban J connectivity index is 3.55. The molecule has 0 bridgehead atoms. The van der Waals surface area contributed by atoms with E-state index in [9.17, 15) is 0 Å². The molecular formula is C16H28N2. The molecule has 1 aromatic rings. The Morgan fingerprint density at radius 1 is 0.556 bits per heavy atom. The maximum Gasteiger partial charge on any atom is 0.131 e. The molecule has 0 atom stereocenters. The van der Waals surface area contributed by atoms with E-state index in [-0.39, 0.29) is 0 Å². The Hall–Kier alpha value is -0.920. The molecule has 0 saturated heterocycles. The largest absolute Gasteiger partial charge is 0.237 e. The van der Waals surface area contributed by atoms with Crippen molar-refractivity contribution < 1.29 is 0 Å². The monoisotopic (exact) mass is 248 g/mol. The molecule has 0 spiro atoms. The molecule has 2 heteroatoms. The average molecular weight is 248 g/mol. The zero-order chi connectivity index (χ0) is 14.0. The van der Waals surface area contributed by atoms with Crippen LogP contribution in [0.1, 0.15) is 102 Å². The second-order valence-corrected chi connectivity index (χ2v) is 6.38. The topological polar surface area (TPSA) is 25.8 Å². The van der Waals surface area contributed by atoms with E-state index in [2.05, 4.69) is 55.4 Å². The van der Waals surface area contributed by atoms with E-state index in [0.717, 1.165) is 5.82 Å². The summed E-state index contributed by atoms with van der Waals surface area (Å²) < 4.78 is 0. The van der Waals surface area contributed by atoms with Crippen LogP contribution in [0.4, 0.5) is 0 Å². The first-order valence-electron chi connectivity index (χ1n) is 7.17. The van der Waals surface area contributed by atoms with E-state index < -0.39 is 0 Å². The van der Waals surface area contributed by atoms with Crippen molar-refractivity contribution in [3.05, 3.63) is 22.8 Å². The fourth-order valence-corrected chi connectivity index (χ4v) is 2.25. The summed E-state index contributed by atoms with van der Waals surface area (Å²) in [5.41, 5.74) is 3.85. The molecule has 0 aliphatic carbocycles. The molecule has 0 aromatic carbocycles. The number of rotatable bonds is 4. The number of hydrogen-bond donors (Lipinski definition) is 0. The van der Waals surface area contributed by atoms with E-state index in [1.165, 1.54) is 17.0 Å². The molecule has 2 nitrogen and oxygen atoms in total. The molecule has 1 rings (SSSR count). The Morgan fingerprint density at radius 2 is 0.944 bits per heavy atom. The van der Waals surface area contributed by atoms with E-state index in [1.54, 1.807) is 0 Å². The zero-order valence-corrected chi connectivity index (χ0v) is 13.2. The quantitative estimate of drug-likeness (QED) is 0.751. The first-order chi connectivity index (χ1) is 8.25. The van der Waals surface area contributed by atoms with Crippen molar-refractivity contribution in [2.75, 3.05) is 0 Å². The normalized spacial score (nSPS) is 12.2. The summed E-state index contributed by atoms with van der Waals surface area (Å²) in [5.74, 6) is 2.79. The third-order valence-electron chi connectivity index (χ3n) is 3.21. The molecule has 0 aliphatic rings. The minimum atomic E-state index is 0.390. The van der Waals surface area contributed by atoms with Gasteiger partial charge in [-0.15, -0.1) is 0 Å². The average Bonchev–Trinajstić information content (AvgIpc) is 2.26. The van der Waals surface area contributed by atoms with Crippen LogP contribution in [0.3, 0.4) is 0 Å². The Labute approximate surface area is 112 Å². The fraction of sp³-hybridized carbons (Fsp3) is 0.750. The molecule has 0 unspecified atom stereocenters. The van der Waals surface area contributed by atoms with Gasteiger partial charge in [-0.05, 0) is 23.3 Å². The fourth-order valence-electron chi connectivity index (χ4n) is 2.25. The van der Waals surface area contributed by atoms with Gasteiger partial charge in [0.2, 0.25) is 0 Å². The first-order valence-corrected chi connectivity index (χ1v) is 7.17. The van der Waals surface area contributed by atoms with Crippen molar-refractivity contribution in [3.8, 4) is 0 Å². The van der Waals surface area contributed by atoms with Crippen LogP contribution in [-0.4, -0.2) is 9.97 Å². The summed E-state index contributed by atoms with van der Waals surface area (Å²) >= 11 is 0. The lowest BCUT2D eigenvalue weighted by Gasteiger charge is -2.22. The van der Waals surface area contributed by atoms with Gasteiger partial charge in [0.15, 0.2) is 0 Å². The molecule has 18 heavy (non-hydrogen) atoms. The van der Waals surface area contributed by atoms with Gasteiger partial charge in [0.05, 0.1) is 11.4 Å². The van der Waals surface area contributed by atoms with E-state index in [4.69, 9.17) is 9.97 Å². The third kappa shape index (κ3) is 3.09. The molecule has 0 aliphatic heterocycles. The standard InChI is InChI=1S/C16H28N2/c1-9(2)13-14(10(3)4)17-16(12(7)8)18-15(13)11(5)6/h9-12H,1-8H3. The summed E-state index contributed by atoms with van der Waals surface area (Å²) in [6.07, 6.45) is 0. The van der Waals surface area contributed by atoms with Crippen molar-refractivity contribution in [1.29, 1.82) is 0 Å². The summed E-state index contributed by atoms with van der Waals surface area (Å²) in [6, 6.07) is 0. The molecule has 102 valence electrons. The van der Waals surface area contributed by atoms with Gasteiger partial charge in [0.1, 0.15) is 5.82 Å². The lowest BCUT2D eigenvalue weighted by atomic mass is 9.89. The molecule has 1 aromatic heterocycles. The number of hydrogen-bond acceptors (Lipinski definition) is 2. The third-order valence-corrected chi connectivity index (χ3v) is 3.21. The minimum Gasteiger partial charge on any atom is -0.237 e. The van der Waals surface area contributed by atoms with Crippen molar-refractivity contribution in [2.24, 2.45) is 0 Å². The predicted octanol–water partition coefficient (Wildman–Crippen LogP) is 4.97. The van der Waals surface area contributed by atoms with Crippen LogP contribution in [-0.2, 0) is 0 Å². The molecule has 0 saturated carbocycles. The molecule has 0 N–H and O–H groups in total. The lowest BCUT2D eigenvalue weighted by Crippen LogP contribution is -2.14. The first kappa shape index (κ1) is 15.1. The maximum absolute atomic E-state index is 4.82. The van der Waals surface area contributed by atoms with Crippen LogP contribution >= 0.6 is 0 Å². The van der Waals surface area contributed by atoms with Gasteiger partial charge >= 0.3 is 0 Å². The van der Waals surface area contributed by atoms with E-state index in [1.807, 2.05) is 0 Å². The van der Waals surface area contributed by atoms with Gasteiger partial charge < -0.3 is 0 Å². The summed E-state index contributed by atoms with van der Waals surface area (Å²) in [5, 5.41) is 0. The summed E-state index contributed by atoms with van der Waals surface area (Å²) in [7, 11) is 0. The smallest absolute Gasteiger partial charge is 0.131 e. The van der Waals surface area contributed by atoms with Crippen LogP contribution in [0.25, 0.3) is 0 Å². The Bertz CT molecular complexity index is 375. The maximum atomic E-state index is 4.82. The minimum absolute atomic E-state index is 0.390. The number of aromatic nitrogens is 2. The van der Waals surface area contributed by atoms with Gasteiger partial charge in [-0.25, -0.2) is 9.97 Å².